The van der Waals surface area contributed by atoms with Gasteiger partial charge in [-0.3, -0.25) is 0 Å². The molecule has 1 aliphatic rings. The molecular weight excluding hydrogens is 116 g/mol. The predicted molar refractivity (Wildman–Crippen MR) is 30.4 cm³/mol. The minimum atomic E-state index is 0.747. The van der Waals surface area contributed by atoms with Crippen LogP contribution >= 0.6 is 0 Å². The second-order valence-corrected chi connectivity index (χ2v) is 2.33. The molecule has 47 valence electrons. The third-order valence-corrected chi connectivity index (χ3v) is 1.41. The van der Waals surface area contributed by atoms with E-state index in [4.69, 9.17) is 0 Å². The van der Waals surface area contributed by atoms with Crippen LogP contribution in [0.1, 0.15) is 18.5 Å². The van der Waals surface area contributed by atoms with Gasteiger partial charge in [0.1, 0.15) is 12.0 Å². The lowest BCUT2D eigenvalue weighted by Crippen LogP contribution is -1.82. The van der Waals surface area contributed by atoms with Crippen molar-refractivity contribution in [1.29, 1.82) is 0 Å². The molecule has 0 atom stereocenters. The van der Waals surface area contributed by atoms with E-state index in [1.807, 2.05) is 0 Å². The molecule has 0 saturated heterocycles. The molecule has 1 heterocycles. The molecule has 9 heavy (non-hydrogen) atoms. The Morgan fingerprint density at radius 3 is 3.11 bits per heavy atom. The lowest BCUT2D eigenvalue weighted by molar-refractivity contribution is 0.393. The Hall–Kier alpha value is -0.860. The summed E-state index contributed by atoms with van der Waals surface area (Å²) in [6.45, 7) is 0. The molecule has 0 unspecified atom stereocenters. The minimum Gasteiger partial charge on any atom is -0.345 e. The molecule has 0 N–H and O–H groups in total. The van der Waals surface area contributed by atoms with Crippen molar-refractivity contribution < 1.29 is 4.52 Å². The highest BCUT2D eigenvalue weighted by molar-refractivity contribution is 5.09. The highest BCUT2D eigenvalue weighted by atomic mass is 16.5. The van der Waals surface area contributed by atoms with E-state index in [2.05, 4.69) is 21.3 Å². The monoisotopic (exact) mass is 123 g/mol. The summed E-state index contributed by atoms with van der Waals surface area (Å²) in [4.78, 5) is 0. The second kappa shape index (κ2) is 1.83. The molecular formula is C6H7N2O. The van der Waals surface area contributed by atoms with Gasteiger partial charge in [-0.05, 0) is 18.8 Å². The fourth-order valence-corrected chi connectivity index (χ4v) is 0.749. The summed E-state index contributed by atoms with van der Waals surface area (Å²) in [5.41, 5.74) is 0.873. The van der Waals surface area contributed by atoms with E-state index >= 15 is 0 Å². The van der Waals surface area contributed by atoms with Gasteiger partial charge in [0.2, 0.25) is 0 Å². The van der Waals surface area contributed by atoms with E-state index in [0.29, 0.717) is 0 Å². The number of rotatable bonds is 2. The van der Waals surface area contributed by atoms with Crippen LogP contribution in [0.4, 0.5) is 0 Å². The van der Waals surface area contributed by atoms with Crippen molar-refractivity contribution in [2.75, 3.05) is 0 Å². The van der Waals surface area contributed by atoms with Crippen LogP contribution in [-0.2, 0) is 0 Å². The third kappa shape index (κ3) is 1.09. The van der Waals surface area contributed by atoms with Gasteiger partial charge in [0, 0.05) is 11.7 Å². The van der Waals surface area contributed by atoms with Crippen LogP contribution < -0.4 is 0 Å². The van der Waals surface area contributed by atoms with E-state index in [1.165, 1.54) is 12.8 Å². The SMILES string of the molecule is [CH](c1conn1)C1CC1. The number of hydrogen-bond acceptors (Lipinski definition) is 3. The molecule has 1 radical (unpaired) electrons. The predicted octanol–water partition coefficient (Wildman–Crippen LogP) is 1.03. The smallest absolute Gasteiger partial charge is 0.147 e. The Morgan fingerprint density at radius 1 is 1.67 bits per heavy atom. The lowest BCUT2D eigenvalue weighted by atomic mass is 10.2. The first-order chi connectivity index (χ1) is 4.45. The fourth-order valence-electron chi connectivity index (χ4n) is 0.749. The van der Waals surface area contributed by atoms with Gasteiger partial charge in [0.15, 0.2) is 0 Å². The zero-order chi connectivity index (χ0) is 6.10. The van der Waals surface area contributed by atoms with E-state index in [1.54, 1.807) is 6.26 Å². The molecule has 0 bridgehead atoms. The van der Waals surface area contributed by atoms with Crippen molar-refractivity contribution in [1.82, 2.24) is 10.4 Å². The van der Waals surface area contributed by atoms with Crippen LogP contribution in [0, 0.1) is 12.3 Å². The van der Waals surface area contributed by atoms with Crippen molar-refractivity contribution in [3.63, 3.8) is 0 Å². The van der Waals surface area contributed by atoms with E-state index < -0.39 is 0 Å². The average molecular weight is 123 g/mol. The zero-order valence-electron chi connectivity index (χ0n) is 4.95. The summed E-state index contributed by atoms with van der Waals surface area (Å²) in [5, 5.41) is 7.07. The Morgan fingerprint density at radius 2 is 2.56 bits per heavy atom. The van der Waals surface area contributed by atoms with E-state index in [0.717, 1.165) is 11.6 Å². The van der Waals surface area contributed by atoms with Crippen LogP contribution in [0.15, 0.2) is 10.8 Å². The minimum absolute atomic E-state index is 0.747. The van der Waals surface area contributed by atoms with Crippen molar-refractivity contribution in [2.24, 2.45) is 5.92 Å². The lowest BCUT2D eigenvalue weighted by Gasteiger charge is -1.83. The first-order valence-corrected chi connectivity index (χ1v) is 3.07. The molecule has 3 nitrogen and oxygen atoms in total. The zero-order valence-corrected chi connectivity index (χ0v) is 4.95. The molecule has 1 fully saturated rings. The van der Waals surface area contributed by atoms with Crippen molar-refractivity contribution >= 4 is 0 Å². The van der Waals surface area contributed by atoms with Gasteiger partial charge in [-0.1, -0.05) is 0 Å². The van der Waals surface area contributed by atoms with Crippen LogP contribution in [0.2, 0.25) is 0 Å². The van der Waals surface area contributed by atoms with Gasteiger partial charge < -0.3 is 4.52 Å². The first kappa shape index (κ1) is 4.97. The molecule has 1 aromatic heterocycles. The van der Waals surface area contributed by atoms with E-state index in [-0.39, 0.29) is 0 Å². The number of hydrogen-bond donors (Lipinski definition) is 0. The summed E-state index contributed by atoms with van der Waals surface area (Å²) in [6, 6.07) is 0. The molecule has 1 aliphatic carbocycles. The topological polar surface area (TPSA) is 38.9 Å². The highest BCUT2D eigenvalue weighted by Gasteiger charge is 2.23. The quantitative estimate of drug-likeness (QED) is 0.589. The molecule has 1 aromatic rings. The van der Waals surface area contributed by atoms with Crippen molar-refractivity contribution in [3.8, 4) is 0 Å². The average Bonchev–Trinajstić information content (AvgIpc) is 2.46. The number of aromatic nitrogens is 2. The van der Waals surface area contributed by atoms with E-state index in [9.17, 15) is 0 Å². The summed E-state index contributed by atoms with van der Waals surface area (Å²) >= 11 is 0. The maximum atomic E-state index is 4.55. The van der Waals surface area contributed by atoms with Gasteiger partial charge in [0.05, 0.1) is 0 Å². The first-order valence-electron chi connectivity index (χ1n) is 3.07. The Labute approximate surface area is 53.0 Å². The highest BCUT2D eigenvalue weighted by Crippen LogP contribution is 2.33. The van der Waals surface area contributed by atoms with Gasteiger partial charge in [0.25, 0.3) is 0 Å². The molecule has 0 aliphatic heterocycles. The second-order valence-electron chi connectivity index (χ2n) is 2.33. The molecule has 2 rings (SSSR count). The Kier molecular flexibility index (Phi) is 1.01. The molecule has 0 amide bonds. The molecule has 0 spiro atoms. The maximum absolute atomic E-state index is 4.55. The van der Waals surface area contributed by atoms with Gasteiger partial charge in [-0.2, -0.15) is 0 Å². The Balaban J connectivity index is 1.99. The summed E-state index contributed by atoms with van der Waals surface area (Å²) in [6.07, 6.45) is 6.26. The van der Waals surface area contributed by atoms with Gasteiger partial charge in [-0.25, -0.2) is 0 Å². The van der Waals surface area contributed by atoms with Gasteiger partial charge in [-0.15, -0.1) is 5.10 Å². The fraction of sp³-hybridized carbons (Fsp3) is 0.500. The van der Waals surface area contributed by atoms with Crippen LogP contribution in [0.25, 0.3) is 0 Å². The van der Waals surface area contributed by atoms with Crippen LogP contribution in [0.3, 0.4) is 0 Å². The van der Waals surface area contributed by atoms with Crippen molar-refractivity contribution in [3.05, 3.63) is 18.4 Å². The van der Waals surface area contributed by atoms with Gasteiger partial charge >= 0.3 is 0 Å². The summed E-state index contributed by atoms with van der Waals surface area (Å²) in [7, 11) is 0. The summed E-state index contributed by atoms with van der Waals surface area (Å²) in [5.74, 6) is 0.747. The third-order valence-electron chi connectivity index (χ3n) is 1.41. The number of nitrogens with zero attached hydrogens (tertiary/aromatic N) is 2. The molecule has 0 aromatic carbocycles. The van der Waals surface area contributed by atoms with Crippen LogP contribution in [-0.4, -0.2) is 10.4 Å². The molecule has 1 saturated carbocycles. The largest absolute Gasteiger partial charge is 0.345 e. The normalized spacial score (nSPS) is 18.2. The van der Waals surface area contributed by atoms with Crippen LogP contribution in [0.5, 0.6) is 0 Å². The maximum Gasteiger partial charge on any atom is 0.147 e. The summed E-state index contributed by atoms with van der Waals surface area (Å²) < 4.78 is 4.55. The Bertz CT molecular complexity index is 179. The standard InChI is InChI=1S/C6H7N2O/c1-2-5(1)3-6-4-9-8-7-6/h3-5H,1-2H2. The van der Waals surface area contributed by atoms with Crippen molar-refractivity contribution in [2.45, 2.75) is 12.8 Å². The molecule has 3 heteroatoms.